The lowest BCUT2D eigenvalue weighted by Gasteiger charge is -2.11. The van der Waals surface area contributed by atoms with Crippen LogP contribution in [0.5, 0.6) is 0 Å². The maximum atomic E-state index is 11.5. The first kappa shape index (κ1) is 15.4. The van der Waals surface area contributed by atoms with Crippen molar-refractivity contribution in [3.8, 4) is 0 Å². The number of hydrogen-bond donors (Lipinski definition) is 2. The largest absolute Gasteiger partial charge is 0.385 e. The zero-order valence-corrected chi connectivity index (χ0v) is 10.6. The summed E-state index contributed by atoms with van der Waals surface area (Å²) >= 11 is 0. The first-order valence-electron chi connectivity index (χ1n) is 6.24. The second-order valence-corrected chi connectivity index (χ2v) is 4.09. The number of nitrogens with two attached hydrogens (primary N) is 1. The van der Waals surface area contributed by atoms with E-state index in [1.165, 1.54) is 0 Å². The number of amides is 1. The van der Waals surface area contributed by atoms with Gasteiger partial charge in [0.1, 0.15) is 0 Å². The molecule has 0 rings (SSSR count). The number of carbonyl (C=O) groups is 1. The third kappa shape index (κ3) is 8.68. The second-order valence-electron chi connectivity index (χ2n) is 4.09. The molecule has 0 aromatic heterocycles. The Morgan fingerprint density at radius 2 is 2.06 bits per heavy atom. The van der Waals surface area contributed by atoms with E-state index in [-0.39, 0.29) is 11.9 Å². The van der Waals surface area contributed by atoms with Crippen LogP contribution in [-0.4, -0.2) is 32.2 Å². The monoisotopic (exact) mass is 230 g/mol. The molecule has 0 aliphatic carbocycles. The summed E-state index contributed by atoms with van der Waals surface area (Å²) < 4.78 is 4.94. The van der Waals surface area contributed by atoms with Crippen LogP contribution in [0.25, 0.3) is 0 Å². The minimum Gasteiger partial charge on any atom is -0.385 e. The van der Waals surface area contributed by atoms with Crippen LogP contribution in [0.4, 0.5) is 0 Å². The normalized spacial score (nSPS) is 12.4. The molecule has 0 aliphatic rings. The molecule has 0 saturated carbocycles. The minimum atomic E-state index is -0.334. The highest BCUT2D eigenvalue weighted by Crippen LogP contribution is 1.98. The Labute approximate surface area is 98.9 Å². The first-order valence-corrected chi connectivity index (χ1v) is 6.24. The van der Waals surface area contributed by atoms with Crippen LogP contribution in [0.2, 0.25) is 0 Å². The third-order valence-corrected chi connectivity index (χ3v) is 2.53. The van der Waals surface area contributed by atoms with Gasteiger partial charge in [-0.3, -0.25) is 4.79 Å². The molecule has 3 N–H and O–H groups in total. The summed E-state index contributed by atoms with van der Waals surface area (Å²) in [4.78, 5) is 11.5. The van der Waals surface area contributed by atoms with Gasteiger partial charge in [0.05, 0.1) is 6.04 Å². The van der Waals surface area contributed by atoms with Crippen LogP contribution >= 0.6 is 0 Å². The van der Waals surface area contributed by atoms with Crippen LogP contribution in [0.3, 0.4) is 0 Å². The number of hydrogen-bond acceptors (Lipinski definition) is 3. The fraction of sp³-hybridized carbons (Fsp3) is 0.917. The molecule has 0 spiro atoms. The Balaban J connectivity index is 3.35. The van der Waals surface area contributed by atoms with E-state index in [9.17, 15) is 4.79 Å². The van der Waals surface area contributed by atoms with Gasteiger partial charge in [0.2, 0.25) is 5.91 Å². The van der Waals surface area contributed by atoms with Crippen molar-refractivity contribution in [2.75, 3.05) is 20.3 Å². The summed E-state index contributed by atoms with van der Waals surface area (Å²) in [6.45, 7) is 3.62. The topological polar surface area (TPSA) is 64.4 Å². The molecular formula is C12H26N2O2. The van der Waals surface area contributed by atoms with E-state index in [2.05, 4.69) is 12.2 Å². The Morgan fingerprint density at radius 3 is 2.69 bits per heavy atom. The van der Waals surface area contributed by atoms with Gasteiger partial charge in [-0.1, -0.05) is 19.8 Å². The van der Waals surface area contributed by atoms with E-state index in [1.54, 1.807) is 7.11 Å². The third-order valence-electron chi connectivity index (χ3n) is 2.53. The van der Waals surface area contributed by atoms with Gasteiger partial charge >= 0.3 is 0 Å². The number of methoxy groups -OCH3 is 1. The molecule has 16 heavy (non-hydrogen) atoms. The molecular weight excluding hydrogens is 204 g/mol. The molecule has 4 heteroatoms. The molecule has 0 aliphatic heterocycles. The lowest BCUT2D eigenvalue weighted by Crippen LogP contribution is -2.40. The zero-order chi connectivity index (χ0) is 12.2. The standard InChI is InChI=1S/C12H26N2O2/c1-3-4-8-11(13)12(15)14-9-6-5-7-10-16-2/h11H,3-10,13H2,1-2H3,(H,14,15)/t11-/m0/s1. The van der Waals surface area contributed by atoms with Gasteiger partial charge in [0, 0.05) is 20.3 Å². The molecule has 0 unspecified atom stereocenters. The highest BCUT2D eigenvalue weighted by atomic mass is 16.5. The Morgan fingerprint density at radius 1 is 1.31 bits per heavy atom. The molecule has 0 radical (unpaired) electrons. The van der Waals surface area contributed by atoms with Crippen molar-refractivity contribution in [3.05, 3.63) is 0 Å². The predicted molar refractivity (Wildman–Crippen MR) is 66.2 cm³/mol. The molecule has 0 heterocycles. The lowest BCUT2D eigenvalue weighted by molar-refractivity contribution is -0.122. The number of nitrogens with one attached hydrogen (secondary N) is 1. The van der Waals surface area contributed by atoms with E-state index in [1.807, 2.05) is 0 Å². The van der Waals surface area contributed by atoms with Crippen molar-refractivity contribution >= 4 is 5.91 Å². The molecule has 1 atom stereocenters. The summed E-state index contributed by atoms with van der Waals surface area (Å²) in [6.07, 6.45) is 6.01. The van der Waals surface area contributed by atoms with Crippen LogP contribution in [0.15, 0.2) is 0 Å². The van der Waals surface area contributed by atoms with Crippen molar-refractivity contribution in [1.29, 1.82) is 0 Å². The van der Waals surface area contributed by atoms with Gasteiger partial charge < -0.3 is 15.8 Å². The highest BCUT2D eigenvalue weighted by Gasteiger charge is 2.11. The molecule has 0 fully saturated rings. The van der Waals surface area contributed by atoms with Crippen LogP contribution in [0, 0.1) is 0 Å². The number of rotatable bonds is 10. The summed E-state index contributed by atoms with van der Waals surface area (Å²) in [5, 5.41) is 2.86. The first-order chi connectivity index (χ1) is 7.72. The van der Waals surface area contributed by atoms with Gasteiger partial charge in [0.25, 0.3) is 0 Å². The average molecular weight is 230 g/mol. The minimum absolute atomic E-state index is 0.0137. The fourth-order valence-electron chi connectivity index (χ4n) is 1.45. The van der Waals surface area contributed by atoms with E-state index in [4.69, 9.17) is 10.5 Å². The van der Waals surface area contributed by atoms with Gasteiger partial charge in [0.15, 0.2) is 0 Å². The van der Waals surface area contributed by atoms with Crippen molar-refractivity contribution in [3.63, 3.8) is 0 Å². The van der Waals surface area contributed by atoms with Crippen LogP contribution in [0.1, 0.15) is 45.4 Å². The summed E-state index contributed by atoms with van der Waals surface area (Å²) in [5.74, 6) is -0.0137. The van der Waals surface area contributed by atoms with Gasteiger partial charge in [-0.2, -0.15) is 0 Å². The molecule has 0 bridgehead atoms. The van der Waals surface area contributed by atoms with Crippen LogP contribution < -0.4 is 11.1 Å². The number of ether oxygens (including phenoxy) is 1. The van der Waals surface area contributed by atoms with E-state index < -0.39 is 0 Å². The Bertz CT molecular complexity index is 174. The highest BCUT2D eigenvalue weighted by molar-refractivity contribution is 5.81. The van der Waals surface area contributed by atoms with Crippen molar-refractivity contribution in [1.82, 2.24) is 5.32 Å². The number of unbranched alkanes of at least 4 members (excludes halogenated alkanes) is 3. The van der Waals surface area contributed by atoms with Crippen LogP contribution in [-0.2, 0) is 9.53 Å². The fourth-order valence-corrected chi connectivity index (χ4v) is 1.45. The van der Waals surface area contributed by atoms with E-state index in [0.717, 1.165) is 51.7 Å². The van der Waals surface area contributed by atoms with E-state index >= 15 is 0 Å². The van der Waals surface area contributed by atoms with Crippen molar-refractivity contribution in [2.24, 2.45) is 5.73 Å². The Hall–Kier alpha value is -0.610. The zero-order valence-electron chi connectivity index (χ0n) is 10.6. The van der Waals surface area contributed by atoms with Gasteiger partial charge in [-0.25, -0.2) is 0 Å². The second kappa shape index (κ2) is 10.9. The van der Waals surface area contributed by atoms with Crippen molar-refractivity contribution in [2.45, 2.75) is 51.5 Å². The predicted octanol–water partition coefficient (Wildman–Crippen LogP) is 1.44. The molecule has 1 amide bonds. The summed E-state index contributed by atoms with van der Waals surface area (Å²) in [7, 11) is 1.70. The maximum absolute atomic E-state index is 11.5. The SMILES string of the molecule is CCCC[C@H](N)C(=O)NCCCCCOC. The van der Waals surface area contributed by atoms with Gasteiger partial charge in [-0.15, -0.1) is 0 Å². The number of carbonyl (C=O) groups excluding carboxylic acids is 1. The molecule has 0 saturated heterocycles. The quantitative estimate of drug-likeness (QED) is 0.558. The average Bonchev–Trinajstić information content (AvgIpc) is 2.30. The van der Waals surface area contributed by atoms with Gasteiger partial charge in [-0.05, 0) is 25.7 Å². The molecule has 4 nitrogen and oxygen atoms in total. The van der Waals surface area contributed by atoms with Crippen molar-refractivity contribution < 1.29 is 9.53 Å². The molecule has 0 aromatic carbocycles. The van der Waals surface area contributed by atoms with E-state index in [0.29, 0.717) is 0 Å². The summed E-state index contributed by atoms with van der Waals surface area (Å²) in [5.41, 5.74) is 5.73. The Kier molecular flexibility index (Phi) is 10.5. The maximum Gasteiger partial charge on any atom is 0.236 e. The molecule has 0 aromatic rings. The lowest BCUT2D eigenvalue weighted by atomic mass is 10.1. The smallest absolute Gasteiger partial charge is 0.236 e. The molecule has 96 valence electrons. The summed E-state index contributed by atoms with van der Waals surface area (Å²) in [6, 6.07) is -0.334.